The lowest BCUT2D eigenvalue weighted by atomic mass is 9.87. The minimum atomic E-state index is -3.32. The number of aryl methyl sites for hydroxylation is 2. The fraction of sp³-hybridized carbons (Fsp3) is 0.333. The molecule has 0 saturated carbocycles. The maximum absolute atomic E-state index is 12.3. The first-order chi connectivity index (χ1) is 17.1. The molecule has 0 spiro atoms. The molecule has 3 aromatic rings. The van der Waals surface area contributed by atoms with Crippen molar-refractivity contribution in [1.82, 2.24) is 8.87 Å². The van der Waals surface area contributed by atoms with Crippen LogP contribution >= 0.6 is 10.8 Å². The molecule has 2 unspecified atom stereocenters. The molecular formula is C27H32N2O6S. The largest absolute Gasteiger partial charge is 0.487 e. The molecule has 0 radical (unpaired) electrons. The van der Waals surface area contributed by atoms with E-state index in [0.29, 0.717) is 29.2 Å². The number of rotatable bonds is 7. The number of benzene rings is 2. The third kappa shape index (κ3) is 5.34. The molecule has 1 aromatic heterocycles. The summed E-state index contributed by atoms with van der Waals surface area (Å²) in [6.45, 7) is 4.50. The maximum atomic E-state index is 12.3. The topological polar surface area (TPSA) is 112 Å². The van der Waals surface area contributed by atoms with E-state index in [2.05, 4.69) is 0 Å². The van der Waals surface area contributed by atoms with E-state index >= 15 is 0 Å². The van der Waals surface area contributed by atoms with E-state index in [1.807, 2.05) is 38.1 Å². The minimum Gasteiger partial charge on any atom is -0.487 e. The second kappa shape index (κ2) is 10.5. The Kier molecular flexibility index (Phi) is 7.56. The average Bonchev–Trinajstić information content (AvgIpc) is 2.94. The van der Waals surface area contributed by atoms with Crippen LogP contribution in [0.1, 0.15) is 47.9 Å². The number of fused-ring (bicyclic) bond motifs is 1. The van der Waals surface area contributed by atoms with Crippen LogP contribution in [0.3, 0.4) is 0 Å². The smallest absolute Gasteiger partial charge is 0.304 e. The Bertz CT molecular complexity index is 1320. The number of aromatic nitrogens is 1. The van der Waals surface area contributed by atoms with Crippen molar-refractivity contribution in [3.8, 4) is 5.75 Å². The van der Waals surface area contributed by atoms with E-state index in [0.717, 1.165) is 16.7 Å². The highest BCUT2D eigenvalue weighted by Gasteiger charge is 2.35. The van der Waals surface area contributed by atoms with Crippen LogP contribution in [0.2, 0.25) is 0 Å². The highest BCUT2D eigenvalue weighted by Crippen LogP contribution is 2.57. The predicted octanol–water partition coefficient (Wildman–Crippen LogP) is 5.00. The summed E-state index contributed by atoms with van der Waals surface area (Å²) in [5.41, 5.74) is 2.96. The molecule has 2 heterocycles. The number of carbonyl (C=O) groups is 1. The van der Waals surface area contributed by atoms with Crippen LogP contribution in [0.5, 0.6) is 5.75 Å². The Morgan fingerprint density at radius 1 is 1.14 bits per heavy atom. The summed E-state index contributed by atoms with van der Waals surface area (Å²) in [6.07, 6.45) is 1.94. The van der Waals surface area contributed by atoms with Crippen LogP contribution in [-0.4, -0.2) is 41.7 Å². The van der Waals surface area contributed by atoms with Gasteiger partial charge in [-0.05, 0) is 53.8 Å². The van der Waals surface area contributed by atoms with Gasteiger partial charge in [0, 0.05) is 31.8 Å². The Labute approximate surface area is 212 Å². The zero-order valence-electron chi connectivity index (χ0n) is 20.6. The molecule has 0 fully saturated rings. The van der Waals surface area contributed by atoms with Gasteiger partial charge in [0.05, 0.1) is 13.0 Å². The Morgan fingerprint density at radius 2 is 1.86 bits per heavy atom. The summed E-state index contributed by atoms with van der Waals surface area (Å²) in [5.74, 6) is -1.01. The normalized spacial score (nSPS) is 19.0. The molecule has 9 heteroatoms. The number of nitrogens with zero attached hydrogens (tertiary/aromatic N) is 2. The second-order valence-electron chi connectivity index (χ2n) is 9.18. The lowest BCUT2D eigenvalue weighted by Gasteiger charge is -2.42. The summed E-state index contributed by atoms with van der Waals surface area (Å²) in [7, 11) is -1.68. The fourth-order valence-corrected chi connectivity index (χ4v) is 6.10. The van der Waals surface area contributed by atoms with Gasteiger partial charge in [-0.3, -0.25) is 18.7 Å². The molecule has 2 aromatic carbocycles. The van der Waals surface area contributed by atoms with E-state index in [4.69, 9.17) is 4.74 Å². The first kappa shape index (κ1) is 26.0. The Hall–Kier alpha value is -3.11. The van der Waals surface area contributed by atoms with Gasteiger partial charge in [0.2, 0.25) is 0 Å². The Balaban J connectivity index is 1.73. The first-order valence-corrected chi connectivity index (χ1v) is 13.4. The van der Waals surface area contributed by atoms with Crippen LogP contribution in [0.15, 0.2) is 70.5 Å². The van der Waals surface area contributed by atoms with Crippen LogP contribution in [0, 0.1) is 6.92 Å². The van der Waals surface area contributed by atoms with Crippen LogP contribution in [0.25, 0.3) is 0 Å². The van der Waals surface area contributed by atoms with E-state index in [1.54, 1.807) is 41.8 Å². The van der Waals surface area contributed by atoms with Gasteiger partial charge in [0.25, 0.3) is 5.56 Å². The SMILES string of the molecule is CCC1CN(Cc2cc(C(CC(=O)O)c3ccn(C)c(=O)c3)ccc2C)S(O)(O)c2ccccc2O1. The molecule has 0 amide bonds. The molecule has 1 aliphatic rings. The minimum absolute atomic E-state index is 0.173. The van der Waals surface area contributed by atoms with Crippen LogP contribution in [0.4, 0.5) is 0 Å². The number of carboxylic acids is 1. The summed E-state index contributed by atoms with van der Waals surface area (Å²) in [4.78, 5) is 24.3. The van der Waals surface area contributed by atoms with Crippen molar-refractivity contribution < 1.29 is 23.7 Å². The van der Waals surface area contributed by atoms with E-state index in [-0.39, 0.29) is 24.6 Å². The number of aliphatic carboxylic acids is 1. The van der Waals surface area contributed by atoms with Gasteiger partial charge in [-0.15, -0.1) is 10.8 Å². The summed E-state index contributed by atoms with van der Waals surface area (Å²) in [6, 6.07) is 15.9. The Morgan fingerprint density at radius 3 is 2.56 bits per heavy atom. The van der Waals surface area contributed by atoms with E-state index in [9.17, 15) is 23.8 Å². The van der Waals surface area contributed by atoms with Crippen molar-refractivity contribution in [3.05, 3.63) is 93.4 Å². The van der Waals surface area contributed by atoms with Crippen molar-refractivity contribution in [2.45, 2.75) is 50.2 Å². The highest BCUT2D eigenvalue weighted by atomic mass is 32.3. The maximum Gasteiger partial charge on any atom is 0.304 e. The van der Waals surface area contributed by atoms with Gasteiger partial charge in [-0.25, -0.2) is 0 Å². The van der Waals surface area contributed by atoms with Crippen LogP contribution < -0.4 is 10.3 Å². The first-order valence-electron chi connectivity index (χ1n) is 11.9. The van der Waals surface area contributed by atoms with Crippen molar-refractivity contribution in [2.75, 3.05) is 6.54 Å². The van der Waals surface area contributed by atoms with Gasteiger partial charge < -0.3 is 14.4 Å². The molecule has 0 aliphatic carbocycles. The molecule has 2 atom stereocenters. The van der Waals surface area contributed by atoms with Gasteiger partial charge in [0.1, 0.15) is 16.7 Å². The number of hydrogen-bond donors (Lipinski definition) is 3. The fourth-order valence-electron chi connectivity index (χ4n) is 4.48. The second-order valence-corrected chi connectivity index (χ2v) is 11.2. The number of ether oxygens (including phenoxy) is 1. The lowest BCUT2D eigenvalue weighted by molar-refractivity contribution is -0.137. The summed E-state index contributed by atoms with van der Waals surface area (Å²) in [5, 5.41) is 9.60. The van der Waals surface area contributed by atoms with E-state index < -0.39 is 22.7 Å². The molecule has 1 aliphatic heterocycles. The predicted molar refractivity (Wildman–Crippen MR) is 140 cm³/mol. The third-order valence-corrected chi connectivity index (χ3v) is 8.62. The zero-order valence-corrected chi connectivity index (χ0v) is 21.4. The molecule has 0 saturated heterocycles. The average molecular weight is 513 g/mol. The third-order valence-electron chi connectivity index (χ3n) is 6.69. The van der Waals surface area contributed by atoms with Gasteiger partial charge in [0.15, 0.2) is 0 Å². The summed E-state index contributed by atoms with van der Waals surface area (Å²) >= 11 is 0. The van der Waals surface area contributed by atoms with Gasteiger partial charge >= 0.3 is 5.97 Å². The van der Waals surface area contributed by atoms with Gasteiger partial charge in [-0.2, -0.15) is 4.31 Å². The molecule has 8 nitrogen and oxygen atoms in total. The number of para-hydroxylation sites is 1. The molecule has 3 N–H and O–H groups in total. The number of hydrogen-bond acceptors (Lipinski definition) is 6. The van der Waals surface area contributed by atoms with Crippen LogP contribution in [-0.2, 0) is 18.4 Å². The standard InChI is InChI=1S/C27H32N2O6S/c1-4-22-17-29(36(33,34)25-8-6-5-7-24(25)35-22)16-21-13-19(10-9-18(21)2)23(15-27(31)32)20-11-12-28(3)26(30)14-20/h5-14,22-23,33-34H,4,15-17H2,1-3H3,(H,31,32). The molecule has 36 heavy (non-hydrogen) atoms. The van der Waals surface area contributed by atoms with Crippen molar-refractivity contribution in [1.29, 1.82) is 0 Å². The van der Waals surface area contributed by atoms with Crippen molar-refractivity contribution >= 4 is 16.7 Å². The van der Waals surface area contributed by atoms with Crippen molar-refractivity contribution in [3.63, 3.8) is 0 Å². The van der Waals surface area contributed by atoms with Gasteiger partial charge in [-0.1, -0.05) is 37.3 Å². The molecule has 4 rings (SSSR count). The summed E-state index contributed by atoms with van der Waals surface area (Å²) < 4.78 is 31.9. The molecule has 0 bridgehead atoms. The number of carboxylic acid groups (broad SMARTS) is 1. The lowest BCUT2D eigenvalue weighted by Crippen LogP contribution is -2.34. The number of pyridine rings is 1. The molecular weight excluding hydrogens is 480 g/mol. The monoisotopic (exact) mass is 512 g/mol. The van der Waals surface area contributed by atoms with Crippen molar-refractivity contribution in [2.24, 2.45) is 7.05 Å². The van der Waals surface area contributed by atoms with E-state index in [1.165, 1.54) is 10.6 Å². The highest BCUT2D eigenvalue weighted by molar-refractivity contribution is 8.22. The molecule has 192 valence electrons. The zero-order chi connectivity index (χ0) is 26.0. The quantitative estimate of drug-likeness (QED) is 0.408.